The van der Waals surface area contributed by atoms with Crippen molar-refractivity contribution < 1.29 is 14.6 Å². The van der Waals surface area contributed by atoms with Crippen LogP contribution in [0.3, 0.4) is 0 Å². The number of carbonyl (C=O) groups excluding carboxylic acids is 1. The Morgan fingerprint density at radius 1 is 1.82 bits per heavy atom. The van der Waals surface area contributed by atoms with Gasteiger partial charge in [-0.2, -0.15) is 0 Å². The molecule has 0 saturated carbocycles. The number of hydrogen-bond acceptors (Lipinski definition) is 3. The van der Waals surface area contributed by atoms with E-state index in [2.05, 4.69) is 0 Å². The van der Waals surface area contributed by atoms with Crippen molar-refractivity contribution in [2.24, 2.45) is 0 Å². The quantitative estimate of drug-likeness (QED) is 0.643. The fraction of sp³-hybridized carbons (Fsp3) is 0.571. The minimum atomic E-state index is -1.04. The maximum absolute atomic E-state index is 11.1. The predicted octanol–water partition coefficient (Wildman–Crippen LogP) is 0.805. The molecule has 0 radical (unpaired) electrons. The number of ketones is 1. The molecule has 0 saturated heterocycles. The molecule has 1 aliphatic rings. The van der Waals surface area contributed by atoms with Crippen molar-refractivity contribution in [3.63, 3.8) is 0 Å². The second-order valence-electron chi connectivity index (χ2n) is 2.30. The van der Waals surface area contributed by atoms with Gasteiger partial charge in [0.15, 0.2) is 6.29 Å². The van der Waals surface area contributed by atoms with Gasteiger partial charge >= 0.3 is 0 Å². The molecule has 3 nitrogen and oxygen atoms in total. The monoisotopic (exact) mass is 176 g/mol. The zero-order valence-corrected chi connectivity index (χ0v) is 6.84. The van der Waals surface area contributed by atoms with Crippen molar-refractivity contribution >= 4 is 17.4 Å². The molecule has 0 aromatic rings. The SMILES string of the molecule is CCC1OC(O)C=C(Cl)C1=O. The van der Waals surface area contributed by atoms with Crippen molar-refractivity contribution in [3.8, 4) is 0 Å². The summed E-state index contributed by atoms with van der Waals surface area (Å²) >= 11 is 5.51. The van der Waals surface area contributed by atoms with Gasteiger partial charge in [0.1, 0.15) is 6.10 Å². The largest absolute Gasteiger partial charge is 0.365 e. The van der Waals surface area contributed by atoms with Crippen LogP contribution in [0.15, 0.2) is 11.1 Å². The Labute approximate surface area is 69.6 Å². The first-order valence-electron chi connectivity index (χ1n) is 3.40. The van der Waals surface area contributed by atoms with Crippen molar-refractivity contribution in [2.45, 2.75) is 25.7 Å². The van der Waals surface area contributed by atoms with E-state index in [1.165, 1.54) is 6.08 Å². The summed E-state index contributed by atoms with van der Waals surface area (Å²) in [6.07, 6.45) is 0.100. The van der Waals surface area contributed by atoms with Gasteiger partial charge in [0.25, 0.3) is 0 Å². The number of halogens is 1. The lowest BCUT2D eigenvalue weighted by Gasteiger charge is -2.21. The normalized spacial score (nSPS) is 31.9. The van der Waals surface area contributed by atoms with Crippen LogP contribution in [0.1, 0.15) is 13.3 Å². The third-order valence-electron chi connectivity index (χ3n) is 1.49. The lowest BCUT2D eigenvalue weighted by Crippen LogP contribution is -2.32. The van der Waals surface area contributed by atoms with Gasteiger partial charge in [0.2, 0.25) is 5.78 Å². The van der Waals surface area contributed by atoms with Crippen LogP contribution in [0.5, 0.6) is 0 Å². The number of hydrogen-bond donors (Lipinski definition) is 1. The minimum Gasteiger partial charge on any atom is -0.365 e. The Balaban J connectivity index is 2.77. The van der Waals surface area contributed by atoms with Gasteiger partial charge in [-0.3, -0.25) is 4.79 Å². The fourth-order valence-corrected chi connectivity index (χ4v) is 1.14. The molecule has 1 rings (SSSR count). The first-order chi connectivity index (χ1) is 5.15. The Morgan fingerprint density at radius 3 is 3.00 bits per heavy atom. The van der Waals surface area contributed by atoms with Gasteiger partial charge in [-0.1, -0.05) is 18.5 Å². The molecule has 0 aromatic heterocycles. The highest BCUT2D eigenvalue weighted by atomic mass is 35.5. The maximum Gasteiger partial charge on any atom is 0.202 e. The molecule has 0 fully saturated rings. The molecule has 4 heteroatoms. The van der Waals surface area contributed by atoms with Crippen molar-refractivity contribution in [1.29, 1.82) is 0 Å². The van der Waals surface area contributed by atoms with E-state index in [0.29, 0.717) is 6.42 Å². The Bertz CT molecular complexity index is 200. The maximum atomic E-state index is 11.1. The molecule has 1 heterocycles. The summed E-state index contributed by atoms with van der Waals surface area (Å²) in [4.78, 5) is 11.1. The topological polar surface area (TPSA) is 46.5 Å². The van der Waals surface area contributed by atoms with E-state index in [9.17, 15) is 4.79 Å². The zero-order valence-electron chi connectivity index (χ0n) is 6.08. The third-order valence-corrected chi connectivity index (χ3v) is 1.80. The first-order valence-corrected chi connectivity index (χ1v) is 3.78. The molecule has 2 atom stereocenters. The number of aliphatic hydroxyl groups is 1. The van der Waals surface area contributed by atoms with E-state index in [1.807, 2.05) is 0 Å². The number of aliphatic hydroxyl groups excluding tert-OH is 1. The standard InChI is InChI=1S/C7H9ClO3/c1-2-5-7(10)4(8)3-6(9)11-5/h3,5-6,9H,2H2,1H3. The minimum absolute atomic E-state index is 0.0654. The third kappa shape index (κ3) is 1.80. The summed E-state index contributed by atoms with van der Waals surface area (Å²) in [6.45, 7) is 1.80. The smallest absolute Gasteiger partial charge is 0.202 e. The average molecular weight is 177 g/mol. The summed E-state index contributed by atoms with van der Waals surface area (Å²) in [5, 5.41) is 9.03. The fourth-order valence-electron chi connectivity index (χ4n) is 0.912. The second-order valence-corrected chi connectivity index (χ2v) is 2.71. The zero-order chi connectivity index (χ0) is 8.43. The van der Waals surface area contributed by atoms with Crippen molar-refractivity contribution in [2.75, 3.05) is 0 Å². The van der Waals surface area contributed by atoms with Crippen LogP contribution in [-0.2, 0) is 9.53 Å². The molecule has 62 valence electrons. The van der Waals surface area contributed by atoms with E-state index in [0.717, 1.165) is 0 Å². The highest BCUT2D eigenvalue weighted by Gasteiger charge is 2.27. The molecule has 11 heavy (non-hydrogen) atoms. The summed E-state index contributed by atoms with van der Waals surface area (Å²) in [5.74, 6) is -0.250. The Morgan fingerprint density at radius 2 is 2.45 bits per heavy atom. The predicted molar refractivity (Wildman–Crippen MR) is 40.1 cm³/mol. The van der Waals surface area contributed by atoms with E-state index in [4.69, 9.17) is 21.4 Å². The summed E-state index contributed by atoms with van der Waals surface area (Å²) in [6, 6.07) is 0. The molecule has 0 aliphatic carbocycles. The molecule has 0 aromatic carbocycles. The summed E-state index contributed by atoms with van der Waals surface area (Å²) in [7, 11) is 0. The molecule has 0 bridgehead atoms. The van der Waals surface area contributed by atoms with Crippen LogP contribution in [0, 0.1) is 0 Å². The molecular weight excluding hydrogens is 168 g/mol. The van der Waals surface area contributed by atoms with Crippen LogP contribution in [0.2, 0.25) is 0 Å². The average Bonchev–Trinajstić information content (AvgIpc) is 1.96. The highest BCUT2D eigenvalue weighted by Crippen LogP contribution is 2.19. The van der Waals surface area contributed by atoms with Gasteiger partial charge in [-0.15, -0.1) is 0 Å². The van der Waals surface area contributed by atoms with Gasteiger partial charge < -0.3 is 9.84 Å². The second kappa shape index (κ2) is 3.34. The molecule has 0 amide bonds. The number of ether oxygens (including phenoxy) is 1. The van der Waals surface area contributed by atoms with Crippen LogP contribution in [0.25, 0.3) is 0 Å². The van der Waals surface area contributed by atoms with E-state index < -0.39 is 12.4 Å². The molecule has 2 unspecified atom stereocenters. The van der Waals surface area contributed by atoms with E-state index in [1.54, 1.807) is 6.92 Å². The van der Waals surface area contributed by atoms with Gasteiger partial charge in [0, 0.05) is 0 Å². The lowest BCUT2D eigenvalue weighted by molar-refractivity contribution is -0.148. The molecule has 0 spiro atoms. The summed E-state index contributed by atoms with van der Waals surface area (Å²) < 4.78 is 4.86. The Kier molecular flexibility index (Phi) is 2.65. The van der Waals surface area contributed by atoms with Crippen molar-refractivity contribution in [3.05, 3.63) is 11.1 Å². The van der Waals surface area contributed by atoms with E-state index in [-0.39, 0.29) is 10.8 Å². The first kappa shape index (κ1) is 8.71. The summed E-state index contributed by atoms with van der Waals surface area (Å²) in [5.41, 5.74) is 0. The molecular formula is C7H9ClO3. The van der Waals surface area contributed by atoms with Crippen LogP contribution in [-0.4, -0.2) is 23.3 Å². The highest BCUT2D eigenvalue weighted by molar-refractivity contribution is 6.43. The Hall–Kier alpha value is -0.380. The van der Waals surface area contributed by atoms with Crippen LogP contribution in [0.4, 0.5) is 0 Å². The van der Waals surface area contributed by atoms with Crippen LogP contribution >= 0.6 is 11.6 Å². The van der Waals surface area contributed by atoms with Gasteiger partial charge in [-0.05, 0) is 12.5 Å². The number of rotatable bonds is 1. The lowest BCUT2D eigenvalue weighted by atomic mass is 10.1. The number of Topliss-reactive ketones (excluding diaryl/α,β-unsaturated/α-hetero) is 1. The van der Waals surface area contributed by atoms with E-state index >= 15 is 0 Å². The van der Waals surface area contributed by atoms with Crippen molar-refractivity contribution in [1.82, 2.24) is 0 Å². The van der Waals surface area contributed by atoms with Crippen LogP contribution < -0.4 is 0 Å². The molecule has 1 aliphatic heterocycles. The van der Waals surface area contributed by atoms with Gasteiger partial charge in [-0.25, -0.2) is 0 Å². The van der Waals surface area contributed by atoms with Gasteiger partial charge in [0.05, 0.1) is 5.03 Å². The molecule has 1 N–H and O–H groups in total. The number of carbonyl (C=O) groups is 1.